The molecule has 1 fully saturated rings. The third kappa shape index (κ3) is 3.85. The average Bonchev–Trinajstić information content (AvgIpc) is 2.55. The van der Waals surface area contributed by atoms with E-state index in [1.807, 2.05) is 20.0 Å². The van der Waals surface area contributed by atoms with Gasteiger partial charge < -0.3 is 14.8 Å². The summed E-state index contributed by atoms with van der Waals surface area (Å²) in [6, 6.07) is 3.42. The summed E-state index contributed by atoms with van der Waals surface area (Å²) in [4.78, 5) is 27.7. The molecule has 6 nitrogen and oxygen atoms in total. The Morgan fingerprint density at radius 2 is 1.96 bits per heavy atom. The molecule has 1 aromatic rings. The number of hydrogen-bond acceptors (Lipinski definition) is 5. The minimum absolute atomic E-state index is 0.0569. The number of hydrogen-bond donors (Lipinski definition) is 1. The van der Waals surface area contributed by atoms with Crippen LogP contribution >= 0.6 is 0 Å². The number of carbonyl (C=O) groups is 2. The van der Waals surface area contributed by atoms with E-state index in [0.29, 0.717) is 17.0 Å². The van der Waals surface area contributed by atoms with Gasteiger partial charge in [0.1, 0.15) is 11.3 Å². The van der Waals surface area contributed by atoms with E-state index in [9.17, 15) is 9.59 Å². The first-order valence-electron chi connectivity index (χ1n) is 9.28. The monoisotopic (exact) mass is 362 g/mol. The first-order chi connectivity index (χ1) is 12.4. The molecule has 26 heavy (non-hydrogen) atoms. The number of benzene rings is 1. The third-order valence-electron chi connectivity index (χ3n) is 5.17. The van der Waals surface area contributed by atoms with Crippen LogP contribution in [0.25, 0.3) is 0 Å². The SMILES string of the molecule is CCCN(C)C1(C(=O)Nc2c(C)cc(OC)cc2C(=O)OCC)CCC1. The molecule has 0 unspecified atom stereocenters. The summed E-state index contributed by atoms with van der Waals surface area (Å²) in [7, 11) is 3.54. The highest BCUT2D eigenvalue weighted by Crippen LogP contribution is 2.39. The van der Waals surface area contributed by atoms with E-state index >= 15 is 0 Å². The number of amides is 1. The molecule has 0 atom stereocenters. The van der Waals surface area contributed by atoms with Crippen molar-refractivity contribution in [3.63, 3.8) is 0 Å². The van der Waals surface area contributed by atoms with Crippen molar-refractivity contribution in [2.45, 2.75) is 52.0 Å². The second-order valence-electron chi connectivity index (χ2n) is 6.85. The van der Waals surface area contributed by atoms with Crippen molar-refractivity contribution in [3.8, 4) is 5.75 Å². The normalized spacial score (nSPS) is 15.3. The lowest BCUT2D eigenvalue weighted by Gasteiger charge is -2.47. The molecular formula is C20H30N2O4. The van der Waals surface area contributed by atoms with Gasteiger partial charge in [0.15, 0.2) is 0 Å². The lowest BCUT2D eigenvalue weighted by Crippen LogP contribution is -2.60. The number of aryl methyl sites for hydroxylation is 1. The van der Waals surface area contributed by atoms with Gasteiger partial charge in [-0.05, 0) is 70.8 Å². The predicted molar refractivity (Wildman–Crippen MR) is 102 cm³/mol. The van der Waals surface area contributed by atoms with Crippen LogP contribution in [0.4, 0.5) is 5.69 Å². The Kier molecular flexibility index (Phi) is 6.64. The maximum absolute atomic E-state index is 13.1. The second kappa shape index (κ2) is 8.54. The quantitative estimate of drug-likeness (QED) is 0.718. The molecule has 2 rings (SSSR count). The predicted octanol–water partition coefficient (Wildman–Crippen LogP) is 3.38. The second-order valence-corrected chi connectivity index (χ2v) is 6.85. The fourth-order valence-corrected chi connectivity index (χ4v) is 3.48. The minimum atomic E-state index is -0.492. The highest BCUT2D eigenvalue weighted by atomic mass is 16.5. The minimum Gasteiger partial charge on any atom is -0.497 e. The summed E-state index contributed by atoms with van der Waals surface area (Å²) in [6.45, 7) is 6.84. The Hall–Kier alpha value is -2.08. The first-order valence-corrected chi connectivity index (χ1v) is 9.28. The van der Waals surface area contributed by atoms with Crippen LogP contribution in [0.2, 0.25) is 0 Å². The number of ether oxygens (including phenoxy) is 2. The van der Waals surface area contributed by atoms with Crippen LogP contribution < -0.4 is 10.1 Å². The van der Waals surface area contributed by atoms with E-state index in [1.54, 1.807) is 20.1 Å². The van der Waals surface area contributed by atoms with Crippen molar-refractivity contribution in [2.24, 2.45) is 0 Å². The van der Waals surface area contributed by atoms with E-state index in [-0.39, 0.29) is 12.5 Å². The van der Waals surface area contributed by atoms with Crippen LogP contribution in [-0.4, -0.2) is 49.6 Å². The maximum Gasteiger partial charge on any atom is 0.340 e. The third-order valence-corrected chi connectivity index (χ3v) is 5.17. The maximum atomic E-state index is 13.1. The fraction of sp³-hybridized carbons (Fsp3) is 0.600. The fourth-order valence-electron chi connectivity index (χ4n) is 3.48. The van der Waals surface area contributed by atoms with Crippen molar-refractivity contribution in [2.75, 3.05) is 32.6 Å². The number of nitrogens with zero attached hydrogens (tertiary/aromatic N) is 1. The van der Waals surface area contributed by atoms with Gasteiger partial charge in [-0.15, -0.1) is 0 Å². The van der Waals surface area contributed by atoms with Gasteiger partial charge in [0, 0.05) is 0 Å². The average molecular weight is 362 g/mol. The van der Waals surface area contributed by atoms with Crippen molar-refractivity contribution in [1.29, 1.82) is 0 Å². The van der Waals surface area contributed by atoms with Crippen LogP contribution in [0.5, 0.6) is 5.75 Å². The lowest BCUT2D eigenvalue weighted by molar-refractivity contribution is -0.132. The van der Waals surface area contributed by atoms with Gasteiger partial charge in [0.2, 0.25) is 5.91 Å². The van der Waals surface area contributed by atoms with Gasteiger partial charge >= 0.3 is 5.97 Å². The van der Waals surface area contributed by atoms with Gasteiger partial charge in [-0.3, -0.25) is 9.69 Å². The largest absolute Gasteiger partial charge is 0.497 e. The van der Waals surface area contributed by atoms with Crippen LogP contribution in [0.15, 0.2) is 12.1 Å². The van der Waals surface area contributed by atoms with Gasteiger partial charge in [-0.1, -0.05) is 6.92 Å². The standard InChI is InChI=1S/C20H30N2O4/c1-6-11-22(4)20(9-8-10-20)19(24)21-17-14(3)12-15(25-5)13-16(17)18(23)26-7-2/h12-13H,6-11H2,1-5H3,(H,21,24). The van der Waals surface area contributed by atoms with Gasteiger partial charge in [0.25, 0.3) is 0 Å². The van der Waals surface area contributed by atoms with Crippen LogP contribution in [0.1, 0.15) is 55.5 Å². The first kappa shape index (κ1) is 20.2. The Morgan fingerprint density at radius 1 is 1.27 bits per heavy atom. The number of esters is 1. The summed E-state index contributed by atoms with van der Waals surface area (Å²) in [5, 5.41) is 3.01. The number of anilines is 1. The van der Waals surface area contributed by atoms with Crippen molar-refractivity contribution >= 4 is 17.6 Å². The van der Waals surface area contributed by atoms with Gasteiger partial charge in [-0.25, -0.2) is 4.79 Å². The van der Waals surface area contributed by atoms with Crippen LogP contribution in [0, 0.1) is 6.92 Å². The van der Waals surface area contributed by atoms with E-state index in [4.69, 9.17) is 9.47 Å². The summed E-state index contributed by atoms with van der Waals surface area (Å²) in [5.74, 6) is 0.0397. The van der Waals surface area contributed by atoms with Crippen LogP contribution in [-0.2, 0) is 9.53 Å². The molecule has 1 saturated carbocycles. The molecule has 0 aliphatic heterocycles. The van der Waals surface area contributed by atoms with E-state index in [2.05, 4.69) is 17.1 Å². The van der Waals surface area contributed by atoms with E-state index < -0.39 is 11.5 Å². The Labute approximate surface area is 155 Å². The zero-order valence-corrected chi connectivity index (χ0v) is 16.5. The molecule has 0 aromatic heterocycles. The smallest absolute Gasteiger partial charge is 0.340 e. The Bertz CT molecular complexity index is 668. The van der Waals surface area contributed by atoms with Gasteiger partial charge in [0.05, 0.1) is 25.0 Å². The molecule has 6 heteroatoms. The zero-order chi connectivity index (χ0) is 19.3. The zero-order valence-electron chi connectivity index (χ0n) is 16.5. The molecule has 1 aliphatic rings. The highest BCUT2D eigenvalue weighted by Gasteiger charge is 2.47. The molecule has 0 heterocycles. The Morgan fingerprint density at radius 3 is 2.46 bits per heavy atom. The molecular weight excluding hydrogens is 332 g/mol. The molecule has 1 N–H and O–H groups in total. The Balaban J connectivity index is 2.35. The van der Waals surface area contributed by atoms with E-state index in [1.165, 1.54) is 0 Å². The molecule has 1 aliphatic carbocycles. The summed E-state index contributed by atoms with van der Waals surface area (Å²) < 4.78 is 10.4. The molecule has 1 aromatic carbocycles. The summed E-state index contributed by atoms with van der Waals surface area (Å²) in [5.41, 5.74) is 1.11. The summed E-state index contributed by atoms with van der Waals surface area (Å²) in [6.07, 6.45) is 3.69. The van der Waals surface area contributed by atoms with E-state index in [0.717, 1.165) is 37.8 Å². The van der Waals surface area contributed by atoms with Crippen molar-refractivity contribution in [1.82, 2.24) is 4.90 Å². The molecule has 0 spiro atoms. The molecule has 0 radical (unpaired) electrons. The highest BCUT2D eigenvalue weighted by molar-refractivity contribution is 6.05. The molecule has 0 saturated heterocycles. The number of likely N-dealkylation sites (N-methyl/N-ethyl adjacent to an activating group) is 1. The molecule has 144 valence electrons. The topological polar surface area (TPSA) is 67.9 Å². The molecule has 0 bridgehead atoms. The van der Waals surface area contributed by atoms with Gasteiger partial charge in [-0.2, -0.15) is 0 Å². The number of methoxy groups -OCH3 is 1. The van der Waals surface area contributed by atoms with Crippen LogP contribution in [0.3, 0.4) is 0 Å². The van der Waals surface area contributed by atoms with Crippen molar-refractivity contribution in [3.05, 3.63) is 23.3 Å². The number of carbonyl (C=O) groups excluding carboxylic acids is 2. The summed E-state index contributed by atoms with van der Waals surface area (Å²) >= 11 is 0. The number of nitrogens with one attached hydrogen (secondary N) is 1. The van der Waals surface area contributed by atoms with Crippen molar-refractivity contribution < 1.29 is 19.1 Å². The molecule has 1 amide bonds. The lowest BCUT2D eigenvalue weighted by atomic mass is 9.74. The number of rotatable bonds is 8.